The maximum absolute atomic E-state index is 12.3. The van der Waals surface area contributed by atoms with Gasteiger partial charge in [0, 0.05) is 17.2 Å². The summed E-state index contributed by atoms with van der Waals surface area (Å²) in [5.74, 6) is 0.834. The first kappa shape index (κ1) is 14.1. The summed E-state index contributed by atoms with van der Waals surface area (Å²) in [6.07, 6.45) is 5.20. The van der Waals surface area contributed by atoms with E-state index < -0.39 is 5.54 Å². The Kier molecular flexibility index (Phi) is 4.93. The molecule has 0 radical (unpaired) electrons. The van der Waals surface area contributed by atoms with Gasteiger partial charge in [-0.1, -0.05) is 19.8 Å². The van der Waals surface area contributed by atoms with Crippen LogP contribution in [0.25, 0.3) is 0 Å². The third-order valence-corrected chi connectivity index (χ3v) is 4.90. The van der Waals surface area contributed by atoms with Crippen molar-refractivity contribution in [2.75, 3.05) is 11.8 Å². The number of rotatable bonds is 5. The molecule has 1 rings (SSSR count). The summed E-state index contributed by atoms with van der Waals surface area (Å²) in [5.41, 5.74) is -0.648. The molecule has 0 saturated heterocycles. The maximum Gasteiger partial charge on any atom is 0.226 e. The Bertz CT molecular complexity index is 245. The second-order valence-corrected chi connectivity index (χ2v) is 5.66. The van der Waals surface area contributed by atoms with Gasteiger partial charge in [-0.15, -0.1) is 23.2 Å². The highest BCUT2D eigenvalue weighted by Crippen LogP contribution is 2.41. The van der Waals surface area contributed by atoms with Crippen molar-refractivity contribution < 1.29 is 4.79 Å². The summed E-state index contributed by atoms with van der Waals surface area (Å²) in [6.45, 7) is 3.98. The lowest BCUT2D eigenvalue weighted by atomic mass is 9.81. The van der Waals surface area contributed by atoms with E-state index in [1.807, 2.05) is 6.92 Å². The molecule has 0 aromatic heterocycles. The molecular weight excluding hydrogens is 245 g/mol. The molecule has 0 heterocycles. The first-order valence-corrected chi connectivity index (χ1v) is 7.03. The number of amides is 1. The van der Waals surface area contributed by atoms with E-state index in [1.165, 1.54) is 0 Å². The second kappa shape index (κ2) is 5.59. The van der Waals surface area contributed by atoms with Crippen molar-refractivity contribution in [1.82, 2.24) is 5.32 Å². The highest BCUT2D eigenvalue weighted by atomic mass is 35.5. The third kappa shape index (κ3) is 2.84. The molecule has 4 heteroatoms. The van der Waals surface area contributed by atoms with Gasteiger partial charge < -0.3 is 5.32 Å². The molecule has 1 fully saturated rings. The van der Waals surface area contributed by atoms with E-state index in [9.17, 15) is 4.79 Å². The van der Waals surface area contributed by atoms with Crippen LogP contribution in [0.5, 0.6) is 0 Å². The molecule has 0 aliphatic heterocycles. The van der Waals surface area contributed by atoms with Gasteiger partial charge in [0.25, 0.3) is 0 Å². The van der Waals surface area contributed by atoms with Crippen LogP contribution in [-0.2, 0) is 4.79 Å². The van der Waals surface area contributed by atoms with Crippen LogP contribution in [-0.4, -0.2) is 23.2 Å². The van der Waals surface area contributed by atoms with Gasteiger partial charge in [-0.25, -0.2) is 0 Å². The van der Waals surface area contributed by atoms with Crippen LogP contribution < -0.4 is 5.32 Å². The van der Waals surface area contributed by atoms with Crippen molar-refractivity contribution in [3.63, 3.8) is 0 Å². The number of hydrogen-bond donors (Lipinski definition) is 1. The van der Waals surface area contributed by atoms with Gasteiger partial charge in [-0.2, -0.15) is 0 Å². The fourth-order valence-electron chi connectivity index (χ4n) is 2.30. The lowest BCUT2D eigenvalue weighted by Crippen LogP contribution is -2.53. The number of halogens is 2. The predicted molar refractivity (Wildman–Crippen MR) is 69.2 cm³/mol. The van der Waals surface area contributed by atoms with E-state index >= 15 is 0 Å². The molecule has 0 bridgehead atoms. The SMILES string of the molecule is CCC1(C(=O)NC(C)(CCl)CCl)CCCC1. The zero-order valence-electron chi connectivity index (χ0n) is 10.1. The minimum Gasteiger partial charge on any atom is -0.348 e. The summed E-state index contributed by atoms with van der Waals surface area (Å²) in [4.78, 5) is 12.3. The van der Waals surface area contributed by atoms with E-state index in [2.05, 4.69) is 12.2 Å². The minimum atomic E-state index is -0.481. The van der Waals surface area contributed by atoms with Gasteiger partial charge in [0.05, 0.1) is 5.54 Å². The van der Waals surface area contributed by atoms with Crippen LogP contribution in [0.3, 0.4) is 0 Å². The Balaban J connectivity index is 2.70. The normalized spacial score (nSPS) is 19.8. The fourth-order valence-corrected chi connectivity index (χ4v) is 2.72. The molecular formula is C12H21Cl2NO. The van der Waals surface area contributed by atoms with Crippen molar-refractivity contribution in [3.05, 3.63) is 0 Å². The molecule has 94 valence electrons. The van der Waals surface area contributed by atoms with E-state index in [0.717, 1.165) is 32.1 Å². The molecule has 1 N–H and O–H groups in total. The Morgan fingerprint density at radius 3 is 2.19 bits per heavy atom. The second-order valence-electron chi connectivity index (χ2n) is 5.12. The molecule has 0 aromatic rings. The van der Waals surface area contributed by atoms with Gasteiger partial charge in [0.15, 0.2) is 0 Å². The molecule has 16 heavy (non-hydrogen) atoms. The summed E-state index contributed by atoms with van der Waals surface area (Å²) < 4.78 is 0. The zero-order chi connectivity index (χ0) is 12.2. The molecule has 1 aliphatic rings. The maximum atomic E-state index is 12.3. The van der Waals surface area contributed by atoms with Crippen molar-refractivity contribution in [2.45, 2.75) is 51.5 Å². The predicted octanol–water partition coefficient (Wildman–Crippen LogP) is 3.31. The van der Waals surface area contributed by atoms with E-state index in [4.69, 9.17) is 23.2 Å². The monoisotopic (exact) mass is 265 g/mol. The lowest BCUT2D eigenvalue weighted by Gasteiger charge is -2.33. The molecule has 1 aliphatic carbocycles. The van der Waals surface area contributed by atoms with Crippen LogP contribution in [0.4, 0.5) is 0 Å². The Morgan fingerprint density at radius 2 is 1.81 bits per heavy atom. The van der Waals surface area contributed by atoms with Crippen molar-refractivity contribution in [3.8, 4) is 0 Å². The van der Waals surface area contributed by atoms with Gasteiger partial charge in [-0.3, -0.25) is 4.79 Å². The molecule has 0 spiro atoms. The van der Waals surface area contributed by atoms with Crippen molar-refractivity contribution in [1.29, 1.82) is 0 Å². The highest BCUT2D eigenvalue weighted by Gasteiger charge is 2.41. The lowest BCUT2D eigenvalue weighted by molar-refractivity contribution is -0.132. The zero-order valence-corrected chi connectivity index (χ0v) is 11.6. The summed E-state index contributed by atoms with van der Waals surface area (Å²) in [5, 5.41) is 3.02. The average molecular weight is 266 g/mol. The molecule has 0 unspecified atom stereocenters. The van der Waals surface area contributed by atoms with E-state index in [0.29, 0.717) is 11.8 Å². The van der Waals surface area contributed by atoms with Gasteiger partial charge in [0.2, 0.25) is 5.91 Å². The first-order chi connectivity index (χ1) is 7.52. The Morgan fingerprint density at radius 1 is 1.31 bits per heavy atom. The Labute approximate surface area is 108 Å². The van der Waals surface area contributed by atoms with Crippen LogP contribution in [0.2, 0.25) is 0 Å². The van der Waals surface area contributed by atoms with Gasteiger partial charge >= 0.3 is 0 Å². The number of carbonyl (C=O) groups is 1. The van der Waals surface area contributed by atoms with Crippen molar-refractivity contribution in [2.24, 2.45) is 5.41 Å². The van der Waals surface area contributed by atoms with Crippen LogP contribution >= 0.6 is 23.2 Å². The summed E-state index contributed by atoms with van der Waals surface area (Å²) >= 11 is 11.7. The van der Waals surface area contributed by atoms with Crippen LogP contribution in [0, 0.1) is 5.41 Å². The van der Waals surface area contributed by atoms with Crippen LogP contribution in [0.1, 0.15) is 46.0 Å². The number of hydrogen-bond acceptors (Lipinski definition) is 1. The largest absolute Gasteiger partial charge is 0.348 e. The van der Waals surface area contributed by atoms with E-state index in [1.54, 1.807) is 0 Å². The molecule has 1 saturated carbocycles. The van der Waals surface area contributed by atoms with Crippen LogP contribution in [0.15, 0.2) is 0 Å². The Hall–Kier alpha value is 0.0500. The molecule has 2 nitrogen and oxygen atoms in total. The quantitative estimate of drug-likeness (QED) is 0.760. The summed E-state index contributed by atoms with van der Waals surface area (Å²) in [7, 11) is 0. The number of alkyl halides is 2. The molecule has 1 amide bonds. The summed E-state index contributed by atoms with van der Waals surface area (Å²) in [6, 6.07) is 0. The molecule has 0 aromatic carbocycles. The van der Waals surface area contributed by atoms with Gasteiger partial charge in [-0.05, 0) is 26.2 Å². The number of nitrogens with one attached hydrogen (secondary N) is 1. The third-order valence-electron chi connectivity index (χ3n) is 3.72. The highest BCUT2D eigenvalue weighted by molar-refractivity contribution is 6.22. The van der Waals surface area contributed by atoms with Gasteiger partial charge in [0.1, 0.15) is 0 Å². The smallest absolute Gasteiger partial charge is 0.226 e. The topological polar surface area (TPSA) is 29.1 Å². The standard InChI is InChI=1S/C12H21Cl2NO/c1-3-12(6-4-5-7-12)10(16)15-11(2,8-13)9-14/h3-9H2,1-2H3,(H,15,16). The fraction of sp³-hybridized carbons (Fsp3) is 0.917. The first-order valence-electron chi connectivity index (χ1n) is 5.96. The minimum absolute atomic E-state index is 0.135. The van der Waals surface area contributed by atoms with Crippen molar-refractivity contribution >= 4 is 29.1 Å². The average Bonchev–Trinajstić information content (AvgIpc) is 2.78. The number of carbonyl (C=O) groups excluding carboxylic acids is 1. The van der Waals surface area contributed by atoms with E-state index in [-0.39, 0.29) is 11.3 Å². The molecule has 0 atom stereocenters.